The average molecular weight is 171 g/mol. The van der Waals surface area contributed by atoms with Gasteiger partial charge >= 0.3 is 5.97 Å². The molecule has 0 unspecified atom stereocenters. The fourth-order valence-corrected chi connectivity index (χ4v) is 1.80. The van der Waals surface area contributed by atoms with E-state index in [4.69, 9.17) is 4.74 Å². The molecule has 1 heterocycles. The lowest BCUT2D eigenvalue weighted by Gasteiger charge is -2.33. The van der Waals surface area contributed by atoms with Crippen molar-refractivity contribution in [3.05, 3.63) is 0 Å². The number of piperidine rings is 1. The van der Waals surface area contributed by atoms with Crippen LogP contribution in [0.4, 0.5) is 0 Å². The number of nitrogens with one attached hydrogen (secondary N) is 1. The first-order chi connectivity index (χ1) is 5.75. The molecule has 1 aliphatic heterocycles. The molecule has 0 saturated carbocycles. The van der Waals surface area contributed by atoms with Gasteiger partial charge in [-0.25, -0.2) is 0 Å². The lowest BCUT2D eigenvalue weighted by molar-refractivity contribution is -0.154. The van der Waals surface area contributed by atoms with Gasteiger partial charge in [-0.15, -0.1) is 0 Å². The van der Waals surface area contributed by atoms with Gasteiger partial charge in [0.1, 0.15) is 0 Å². The van der Waals surface area contributed by atoms with Gasteiger partial charge in [-0.05, 0) is 25.8 Å². The fourth-order valence-electron chi connectivity index (χ4n) is 1.80. The second-order valence-electron chi connectivity index (χ2n) is 3.41. The Bertz CT molecular complexity index is 162. The van der Waals surface area contributed by atoms with Crippen LogP contribution >= 0.6 is 0 Å². The Labute approximate surface area is 73.5 Å². The van der Waals surface area contributed by atoms with Crippen LogP contribution in [0.2, 0.25) is 0 Å². The summed E-state index contributed by atoms with van der Waals surface area (Å²) in [7, 11) is 1.47. The number of carbonyl (C=O) groups excluding carboxylic acids is 1. The maximum Gasteiger partial charge on any atom is 0.313 e. The zero-order valence-electron chi connectivity index (χ0n) is 7.85. The fraction of sp³-hybridized carbons (Fsp3) is 0.889. The van der Waals surface area contributed by atoms with Crippen LogP contribution in [-0.2, 0) is 9.53 Å². The number of ether oxygens (including phenoxy) is 1. The number of carbonyl (C=O) groups is 1. The maximum atomic E-state index is 11.5. The van der Waals surface area contributed by atoms with E-state index < -0.39 is 0 Å². The monoisotopic (exact) mass is 171 g/mol. The minimum atomic E-state index is -0.243. The highest BCUT2D eigenvalue weighted by molar-refractivity contribution is 5.77. The molecule has 1 N–H and O–H groups in total. The van der Waals surface area contributed by atoms with Gasteiger partial charge in [0.25, 0.3) is 0 Å². The summed E-state index contributed by atoms with van der Waals surface area (Å²) >= 11 is 0. The Morgan fingerprint density at radius 2 is 2.42 bits per heavy atom. The van der Waals surface area contributed by atoms with Crippen molar-refractivity contribution in [1.82, 2.24) is 5.32 Å². The summed E-state index contributed by atoms with van der Waals surface area (Å²) in [6.45, 7) is 3.85. The molecule has 70 valence electrons. The van der Waals surface area contributed by atoms with E-state index in [9.17, 15) is 4.79 Å². The number of rotatable bonds is 2. The summed E-state index contributed by atoms with van der Waals surface area (Å²) in [6.07, 6.45) is 2.90. The Hall–Kier alpha value is -0.570. The Kier molecular flexibility index (Phi) is 3.09. The van der Waals surface area contributed by atoms with Crippen LogP contribution in [0.25, 0.3) is 0 Å². The van der Waals surface area contributed by atoms with Gasteiger partial charge in [0.05, 0.1) is 12.5 Å². The second kappa shape index (κ2) is 3.90. The van der Waals surface area contributed by atoms with E-state index >= 15 is 0 Å². The van der Waals surface area contributed by atoms with Crippen molar-refractivity contribution in [2.75, 3.05) is 20.2 Å². The van der Waals surface area contributed by atoms with Crippen molar-refractivity contribution in [2.24, 2.45) is 5.41 Å². The minimum Gasteiger partial charge on any atom is -0.469 e. The number of esters is 1. The van der Waals surface area contributed by atoms with Gasteiger partial charge < -0.3 is 10.1 Å². The summed E-state index contributed by atoms with van der Waals surface area (Å²) in [6, 6.07) is 0. The van der Waals surface area contributed by atoms with E-state index in [1.165, 1.54) is 7.11 Å². The minimum absolute atomic E-state index is 0.0581. The Morgan fingerprint density at radius 1 is 1.67 bits per heavy atom. The van der Waals surface area contributed by atoms with Crippen molar-refractivity contribution >= 4 is 5.97 Å². The van der Waals surface area contributed by atoms with Crippen LogP contribution in [0.3, 0.4) is 0 Å². The van der Waals surface area contributed by atoms with Crippen molar-refractivity contribution in [3.63, 3.8) is 0 Å². The highest BCUT2D eigenvalue weighted by Crippen LogP contribution is 2.30. The molecule has 0 spiro atoms. The number of hydrogen-bond acceptors (Lipinski definition) is 3. The predicted octanol–water partition coefficient (Wildman–Crippen LogP) is 0.939. The molecule has 0 bridgehead atoms. The normalized spacial score (nSPS) is 29.8. The molecule has 1 rings (SSSR count). The van der Waals surface area contributed by atoms with Crippen molar-refractivity contribution < 1.29 is 9.53 Å². The SMILES string of the molecule is CC[C@@]1(C(=O)OC)CCCNC1. The molecule has 1 saturated heterocycles. The molecule has 0 aromatic carbocycles. The molecule has 3 nitrogen and oxygen atoms in total. The molecule has 0 aliphatic carbocycles. The molecular weight excluding hydrogens is 154 g/mol. The zero-order chi connectivity index (χ0) is 9.03. The molecule has 3 heteroatoms. The van der Waals surface area contributed by atoms with Gasteiger partial charge in [0.15, 0.2) is 0 Å². The topological polar surface area (TPSA) is 38.3 Å². The number of methoxy groups -OCH3 is 1. The van der Waals surface area contributed by atoms with Crippen LogP contribution in [0.1, 0.15) is 26.2 Å². The Balaban J connectivity index is 2.66. The molecule has 0 amide bonds. The molecule has 0 aromatic heterocycles. The second-order valence-corrected chi connectivity index (χ2v) is 3.41. The molecule has 1 atom stereocenters. The molecular formula is C9H17NO2. The van der Waals surface area contributed by atoms with Gasteiger partial charge in [-0.2, -0.15) is 0 Å². The van der Waals surface area contributed by atoms with E-state index in [1.807, 2.05) is 6.92 Å². The summed E-state index contributed by atoms with van der Waals surface area (Å²) < 4.78 is 4.80. The Morgan fingerprint density at radius 3 is 2.83 bits per heavy atom. The standard InChI is InChI=1S/C9H17NO2/c1-3-9(8(11)12-2)5-4-6-10-7-9/h10H,3-7H2,1-2H3/t9-/m1/s1. The molecule has 1 aliphatic rings. The molecule has 0 radical (unpaired) electrons. The molecule has 0 aromatic rings. The molecule has 1 fully saturated rings. The average Bonchev–Trinajstić information content (AvgIpc) is 2.17. The first-order valence-corrected chi connectivity index (χ1v) is 4.54. The highest BCUT2D eigenvalue weighted by Gasteiger charge is 2.38. The van der Waals surface area contributed by atoms with E-state index in [0.717, 1.165) is 32.4 Å². The number of hydrogen-bond donors (Lipinski definition) is 1. The third kappa shape index (κ3) is 1.61. The first-order valence-electron chi connectivity index (χ1n) is 4.54. The van der Waals surface area contributed by atoms with E-state index in [0.29, 0.717) is 0 Å². The van der Waals surface area contributed by atoms with Crippen LogP contribution < -0.4 is 5.32 Å². The third-order valence-electron chi connectivity index (χ3n) is 2.77. The van der Waals surface area contributed by atoms with Crippen molar-refractivity contribution in [2.45, 2.75) is 26.2 Å². The van der Waals surface area contributed by atoms with Crippen LogP contribution in [0.5, 0.6) is 0 Å². The van der Waals surface area contributed by atoms with Crippen molar-refractivity contribution in [3.8, 4) is 0 Å². The van der Waals surface area contributed by atoms with Gasteiger partial charge in [0, 0.05) is 6.54 Å². The van der Waals surface area contributed by atoms with Crippen LogP contribution in [-0.4, -0.2) is 26.2 Å². The van der Waals surface area contributed by atoms with Gasteiger partial charge in [0.2, 0.25) is 0 Å². The highest BCUT2D eigenvalue weighted by atomic mass is 16.5. The third-order valence-corrected chi connectivity index (χ3v) is 2.77. The predicted molar refractivity (Wildman–Crippen MR) is 46.8 cm³/mol. The summed E-state index contributed by atoms with van der Waals surface area (Å²) in [5, 5.41) is 3.24. The van der Waals surface area contributed by atoms with E-state index in [-0.39, 0.29) is 11.4 Å². The lowest BCUT2D eigenvalue weighted by atomic mass is 9.78. The first kappa shape index (κ1) is 9.52. The summed E-state index contributed by atoms with van der Waals surface area (Å²) in [4.78, 5) is 11.5. The van der Waals surface area contributed by atoms with E-state index in [2.05, 4.69) is 5.32 Å². The van der Waals surface area contributed by atoms with Gasteiger partial charge in [-0.3, -0.25) is 4.79 Å². The van der Waals surface area contributed by atoms with E-state index in [1.54, 1.807) is 0 Å². The largest absolute Gasteiger partial charge is 0.469 e. The van der Waals surface area contributed by atoms with Crippen molar-refractivity contribution in [1.29, 1.82) is 0 Å². The van der Waals surface area contributed by atoms with Gasteiger partial charge in [-0.1, -0.05) is 6.92 Å². The molecule has 12 heavy (non-hydrogen) atoms. The lowest BCUT2D eigenvalue weighted by Crippen LogP contribution is -2.45. The summed E-state index contributed by atoms with van der Waals surface area (Å²) in [5.41, 5.74) is -0.243. The van der Waals surface area contributed by atoms with Crippen LogP contribution in [0.15, 0.2) is 0 Å². The maximum absolute atomic E-state index is 11.5. The summed E-state index contributed by atoms with van der Waals surface area (Å²) in [5.74, 6) is -0.0581. The zero-order valence-corrected chi connectivity index (χ0v) is 7.85. The van der Waals surface area contributed by atoms with Crippen LogP contribution in [0, 0.1) is 5.41 Å². The smallest absolute Gasteiger partial charge is 0.313 e. The quantitative estimate of drug-likeness (QED) is 0.628.